The minimum Gasteiger partial charge on any atom is -0.374 e. The Kier molecular flexibility index (Phi) is 5.06. The lowest BCUT2D eigenvalue weighted by Gasteiger charge is -2.31. The molecule has 2 amide bonds. The van der Waals surface area contributed by atoms with Crippen molar-refractivity contribution in [2.75, 3.05) is 31.9 Å². The van der Waals surface area contributed by atoms with E-state index in [1.807, 2.05) is 4.90 Å². The first-order chi connectivity index (χ1) is 11.1. The molecule has 2 saturated heterocycles. The normalized spacial score (nSPS) is 24.6. The third kappa shape index (κ3) is 3.97. The summed E-state index contributed by atoms with van der Waals surface area (Å²) in [6, 6.07) is 0. The largest absolute Gasteiger partial charge is 0.374 e. The molecule has 0 saturated carbocycles. The highest BCUT2D eigenvalue weighted by Gasteiger charge is 2.33. The van der Waals surface area contributed by atoms with Gasteiger partial charge in [-0.3, -0.25) is 9.59 Å². The van der Waals surface area contributed by atoms with Crippen LogP contribution in [0.15, 0.2) is 0 Å². The molecule has 9 heteroatoms. The number of likely N-dealkylation sites (tertiary alicyclic amines) is 1. The molecule has 1 aromatic rings. The monoisotopic (exact) mass is 338 g/mol. The summed E-state index contributed by atoms with van der Waals surface area (Å²) in [6.07, 6.45) is 2.77. The van der Waals surface area contributed by atoms with Crippen LogP contribution in [-0.4, -0.2) is 53.1 Å². The molecule has 0 aliphatic carbocycles. The van der Waals surface area contributed by atoms with Crippen LogP contribution in [0.1, 0.15) is 24.3 Å². The Hall–Kier alpha value is -1.74. The second-order valence-corrected chi connectivity index (χ2v) is 7.17. The molecule has 4 N–H and O–H groups in total. The standard InChI is InChI=1S/C14H22N6O2S/c15-14-19-18-11(23-14)8-17-12(21)9-5-10(7-16-6-9)13(22)20-3-1-2-4-20/h9-10,16H,1-8H2,(H2,15,19)(H,17,21)/t9-,10-/m1/s1. The number of anilines is 1. The van der Waals surface area contributed by atoms with Crippen molar-refractivity contribution in [3.05, 3.63) is 5.01 Å². The molecule has 0 unspecified atom stereocenters. The number of nitrogens with zero attached hydrogens (tertiary/aromatic N) is 3. The SMILES string of the molecule is Nc1nnc(CNC(=O)[C@H]2CNC[C@H](C(=O)N3CCCC3)C2)s1. The molecule has 0 radical (unpaired) electrons. The topological polar surface area (TPSA) is 113 Å². The van der Waals surface area contributed by atoms with Gasteiger partial charge in [0.25, 0.3) is 0 Å². The first-order valence-corrected chi connectivity index (χ1v) is 8.80. The van der Waals surface area contributed by atoms with Crippen molar-refractivity contribution < 1.29 is 9.59 Å². The number of rotatable bonds is 4. The van der Waals surface area contributed by atoms with E-state index in [1.165, 1.54) is 11.3 Å². The Morgan fingerprint density at radius 1 is 1.26 bits per heavy atom. The van der Waals surface area contributed by atoms with Crippen LogP contribution < -0.4 is 16.4 Å². The Labute approximate surface area is 138 Å². The smallest absolute Gasteiger partial charge is 0.226 e. The van der Waals surface area contributed by atoms with Crippen molar-refractivity contribution in [2.24, 2.45) is 11.8 Å². The summed E-state index contributed by atoms with van der Waals surface area (Å²) in [4.78, 5) is 26.7. The highest BCUT2D eigenvalue weighted by Crippen LogP contribution is 2.21. The molecule has 3 rings (SSSR count). The average Bonchev–Trinajstić information content (AvgIpc) is 3.23. The van der Waals surface area contributed by atoms with Crippen LogP contribution in [0, 0.1) is 11.8 Å². The molecular weight excluding hydrogens is 316 g/mol. The Bertz CT molecular complexity index is 571. The van der Waals surface area contributed by atoms with E-state index in [0.29, 0.717) is 36.2 Å². The van der Waals surface area contributed by atoms with E-state index < -0.39 is 0 Å². The number of nitrogens with two attached hydrogens (primary N) is 1. The molecule has 23 heavy (non-hydrogen) atoms. The summed E-state index contributed by atoms with van der Waals surface area (Å²) in [6.45, 7) is 3.30. The van der Waals surface area contributed by atoms with Crippen LogP contribution in [0.2, 0.25) is 0 Å². The van der Waals surface area contributed by atoms with Gasteiger partial charge in [-0.25, -0.2) is 0 Å². The fraction of sp³-hybridized carbons (Fsp3) is 0.714. The highest BCUT2D eigenvalue weighted by atomic mass is 32.1. The molecule has 0 aromatic carbocycles. The second-order valence-electron chi connectivity index (χ2n) is 6.07. The van der Waals surface area contributed by atoms with Crippen LogP contribution in [-0.2, 0) is 16.1 Å². The molecular formula is C14H22N6O2S. The Morgan fingerprint density at radius 3 is 2.70 bits per heavy atom. The second kappa shape index (κ2) is 7.22. The molecule has 2 fully saturated rings. The first kappa shape index (κ1) is 16.1. The number of piperidine rings is 1. The number of hydrogen-bond acceptors (Lipinski definition) is 7. The maximum absolute atomic E-state index is 12.5. The van der Waals surface area contributed by atoms with Crippen molar-refractivity contribution in [1.29, 1.82) is 0 Å². The van der Waals surface area contributed by atoms with Crippen molar-refractivity contribution in [1.82, 2.24) is 25.7 Å². The van der Waals surface area contributed by atoms with Gasteiger partial charge in [0.2, 0.25) is 16.9 Å². The number of carbonyl (C=O) groups is 2. The summed E-state index contributed by atoms with van der Waals surface area (Å²) >= 11 is 1.26. The van der Waals surface area contributed by atoms with E-state index in [2.05, 4.69) is 20.8 Å². The van der Waals surface area contributed by atoms with Gasteiger partial charge in [-0.2, -0.15) is 0 Å². The predicted octanol–water partition coefficient (Wildman–Crippen LogP) is -0.415. The van der Waals surface area contributed by atoms with Gasteiger partial charge in [0, 0.05) is 26.2 Å². The van der Waals surface area contributed by atoms with E-state index in [0.717, 1.165) is 25.9 Å². The summed E-state index contributed by atoms with van der Waals surface area (Å²) in [5.41, 5.74) is 5.52. The fourth-order valence-corrected chi connectivity index (χ4v) is 3.72. The maximum Gasteiger partial charge on any atom is 0.226 e. The van der Waals surface area contributed by atoms with Gasteiger partial charge in [0.15, 0.2) is 0 Å². The van der Waals surface area contributed by atoms with Crippen LogP contribution in [0.25, 0.3) is 0 Å². The summed E-state index contributed by atoms with van der Waals surface area (Å²) in [5, 5.41) is 14.8. The molecule has 2 atom stereocenters. The molecule has 3 heterocycles. The third-order valence-electron chi connectivity index (χ3n) is 4.38. The van der Waals surface area contributed by atoms with Crippen LogP contribution in [0.5, 0.6) is 0 Å². The third-order valence-corrected chi connectivity index (χ3v) is 5.14. The van der Waals surface area contributed by atoms with Gasteiger partial charge in [-0.1, -0.05) is 11.3 Å². The Morgan fingerprint density at radius 2 is 2.00 bits per heavy atom. The van der Waals surface area contributed by atoms with E-state index in [-0.39, 0.29) is 23.7 Å². The van der Waals surface area contributed by atoms with Gasteiger partial charge in [-0.15, -0.1) is 10.2 Å². The lowest BCUT2D eigenvalue weighted by Crippen LogP contribution is -2.48. The van der Waals surface area contributed by atoms with Crippen LogP contribution >= 0.6 is 11.3 Å². The van der Waals surface area contributed by atoms with Gasteiger partial charge >= 0.3 is 0 Å². The quantitative estimate of drug-likeness (QED) is 0.687. The lowest BCUT2D eigenvalue weighted by atomic mass is 9.89. The molecule has 126 valence electrons. The minimum absolute atomic E-state index is 0.0507. The van der Waals surface area contributed by atoms with Crippen molar-refractivity contribution in [2.45, 2.75) is 25.8 Å². The molecule has 8 nitrogen and oxygen atoms in total. The van der Waals surface area contributed by atoms with Crippen molar-refractivity contribution >= 4 is 28.3 Å². The number of carbonyl (C=O) groups excluding carboxylic acids is 2. The lowest BCUT2D eigenvalue weighted by molar-refractivity contribution is -0.136. The number of nitrogens with one attached hydrogen (secondary N) is 2. The van der Waals surface area contributed by atoms with Gasteiger partial charge in [0.1, 0.15) is 5.01 Å². The van der Waals surface area contributed by atoms with Crippen molar-refractivity contribution in [3.8, 4) is 0 Å². The first-order valence-electron chi connectivity index (χ1n) is 7.98. The van der Waals surface area contributed by atoms with E-state index in [9.17, 15) is 9.59 Å². The summed E-state index contributed by atoms with van der Waals surface area (Å²) in [7, 11) is 0. The zero-order chi connectivity index (χ0) is 16.2. The molecule has 0 bridgehead atoms. The average molecular weight is 338 g/mol. The zero-order valence-corrected chi connectivity index (χ0v) is 13.8. The maximum atomic E-state index is 12.5. The van der Waals surface area contributed by atoms with E-state index in [4.69, 9.17) is 5.73 Å². The van der Waals surface area contributed by atoms with E-state index >= 15 is 0 Å². The summed E-state index contributed by atoms with van der Waals surface area (Å²) in [5.74, 6) is -0.157. The Balaban J connectivity index is 1.50. The summed E-state index contributed by atoms with van der Waals surface area (Å²) < 4.78 is 0. The van der Waals surface area contributed by atoms with Gasteiger partial charge in [0.05, 0.1) is 18.4 Å². The number of aromatic nitrogens is 2. The highest BCUT2D eigenvalue weighted by molar-refractivity contribution is 7.15. The van der Waals surface area contributed by atoms with Gasteiger partial charge in [-0.05, 0) is 19.3 Å². The van der Waals surface area contributed by atoms with E-state index in [1.54, 1.807) is 0 Å². The molecule has 2 aliphatic heterocycles. The van der Waals surface area contributed by atoms with Crippen molar-refractivity contribution in [3.63, 3.8) is 0 Å². The van der Waals surface area contributed by atoms with Gasteiger partial charge < -0.3 is 21.3 Å². The zero-order valence-electron chi connectivity index (χ0n) is 13.0. The van der Waals surface area contributed by atoms with Crippen LogP contribution in [0.3, 0.4) is 0 Å². The molecule has 2 aliphatic rings. The minimum atomic E-state index is -0.189. The number of nitrogen functional groups attached to an aromatic ring is 1. The number of hydrogen-bond donors (Lipinski definition) is 3. The fourth-order valence-electron chi connectivity index (χ4n) is 3.17. The van der Waals surface area contributed by atoms with Crippen LogP contribution in [0.4, 0.5) is 5.13 Å². The molecule has 1 aromatic heterocycles. The molecule has 0 spiro atoms. The predicted molar refractivity (Wildman–Crippen MR) is 86.4 cm³/mol. The number of amides is 2.